The Balaban J connectivity index is 2.48. The number of rotatable bonds is 3. The van der Waals surface area contributed by atoms with E-state index in [1.807, 2.05) is 0 Å². The molecule has 1 unspecified atom stereocenters. The summed E-state index contributed by atoms with van der Waals surface area (Å²) < 4.78 is 24.6. The number of aliphatic hydroxyl groups is 2. The summed E-state index contributed by atoms with van der Waals surface area (Å²) in [6.07, 6.45) is -1.31. The SMILES string of the molecule is Nc1ccc2c(c1)C(=O)N(CC(O)CO)S2(=O)=O. The fourth-order valence-corrected chi connectivity index (χ4v) is 3.32. The van der Waals surface area contributed by atoms with E-state index < -0.39 is 35.2 Å². The van der Waals surface area contributed by atoms with Gasteiger partial charge in [-0.1, -0.05) is 0 Å². The van der Waals surface area contributed by atoms with Crippen molar-refractivity contribution in [1.82, 2.24) is 4.31 Å². The number of β-amino-alcohol motifs (C(OH)–C–C–N with tert-alkyl or cyclic N) is 1. The normalized spacial score (nSPS) is 18.8. The Morgan fingerprint density at radius 2 is 2.06 bits per heavy atom. The summed E-state index contributed by atoms with van der Waals surface area (Å²) in [7, 11) is -3.96. The van der Waals surface area contributed by atoms with Crippen LogP contribution in [0.3, 0.4) is 0 Å². The van der Waals surface area contributed by atoms with E-state index in [0.29, 0.717) is 4.31 Å². The van der Waals surface area contributed by atoms with E-state index in [9.17, 15) is 18.3 Å². The van der Waals surface area contributed by atoms with Gasteiger partial charge in [-0.25, -0.2) is 12.7 Å². The van der Waals surface area contributed by atoms with Crippen molar-refractivity contribution in [3.63, 3.8) is 0 Å². The van der Waals surface area contributed by atoms with Gasteiger partial charge >= 0.3 is 0 Å². The lowest BCUT2D eigenvalue weighted by Gasteiger charge is -2.17. The number of nitrogens with two attached hydrogens (primary N) is 1. The number of anilines is 1. The molecule has 1 aliphatic heterocycles. The molecule has 0 saturated carbocycles. The Hall–Kier alpha value is -1.64. The Morgan fingerprint density at radius 3 is 2.67 bits per heavy atom. The van der Waals surface area contributed by atoms with Crippen molar-refractivity contribution < 1.29 is 23.4 Å². The van der Waals surface area contributed by atoms with Crippen LogP contribution in [0.25, 0.3) is 0 Å². The molecule has 0 saturated heterocycles. The lowest BCUT2D eigenvalue weighted by atomic mass is 10.2. The van der Waals surface area contributed by atoms with Crippen LogP contribution in [0.4, 0.5) is 5.69 Å². The van der Waals surface area contributed by atoms with Crippen LogP contribution in [-0.4, -0.2) is 48.1 Å². The van der Waals surface area contributed by atoms with E-state index in [1.165, 1.54) is 18.2 Å². The van der Waals surface area contributed by atoms with Crippen molar-refractivity contribution in [2.24, 2.45) is 0 Å². The molecule has 1 heterocycles. The highest BCUT2D eigenvalue weighted by atomic mass is 32.2. The molecule has 1 aromatic rings. The standard InChI is InChI=1S/C10H12N2O5S/c11-6-1-2-9-8(3-6)10(15)12(18(9,16)17)4-7(14)5-13/h1-3,7,13-14H,4-5,11H2. The lowest BCUT2D eigenvalue weighted by Crippen LogP contribution is -2.38. The number of fused-ring (bicyclic) bond motifs is 1. The van der Waals surface area contributed by atoms with Gasteiger partial charge in [0.25, 0.3) is 15.9 Å². The summed E-state index contributed by atoms with van der Waals surface area (Å²) in [5, 5.41) is 18.0. The molecule has 0 spiro atoms. The third-order valence-electron chi connectivity index (χ3n) is 2.62. The third kappa shape index (κ3) is 1.84. The summed E-state index contributed by atoms with van der Waals surface area (Å²) >= 11 is 0. The molecule has 2 rings (SSSR count). The first-order chi connectivity index (χ1) is 8.37. The minimum absolute atomic E-state index is 0.0138. The minimum Gasteiger partial charge on any atom is -0.399 e. The van der Waals surface area contributed by atoms with Crippen molar-refractivity contribution in [1.29, 1.82) is 0 Å². The largest absolute Gasteiger partial charge is 0.399 e. The fraction of sp³-hybridized carbons (Fsp3) is 0.300. The summed E-state index contributed by atoms with van der Waals surface area (Å²) in [6, 6.07) is 3.92. The second-order valence-corrected chi connectivity index (χ2v) is 5.76. The van der Waals surface area contributed by atoms with E-state index >= 15 is 0 Å². The van der Waals surface area contributed by atoms with Crippen LogP contribution in [0.2, 0.25) is 0 Å². The van der Waals surface area contributed by atoms with Gasteiger partial charge < -0.3 is 15.9 Å². The van der Waals surface area contributed by atoms with Crippen molar-refractivity contribution in [3.05, 3.63) is 23.8 Å². The fourth-order valence-electron chi connectivity index (χ4n) is 1.73. The van der Waals surface area contributed by atoms with Crippen LogP contribution >= 0.6 is 0 Å². The highest BCUT2D eigenvalue weighted by Crippen LogP contribution is 2.31. The molecule has 0 radical (unpaired) electrons. The molecular formula is C10H12N2O5S. The van der Waals surface area contributed by atoms with Gasteiger partial charge in [-0.3, -0.25) is 4.79 Å². The number of nitrogens with zero attached hydrogens (tertiary/aromatic N) is 1. The van der Waals surface area contributed by atoms with Gasteiger partial charge in [-0.05, 0) is 18.2 Å². The predicted molar refractivity (Wildman–Crippen MR) is 62.2 cm³/mol. The smallest absolute Gasteiger partial charge is 0.269 e. The zero-order valence-electron chi connectivity index (χ0n) is 9.28. The summed E-state index contributed by atoms with van der Waals surface area (Å²) in [4.78, 5) is 11.8. The second-order valence-electron chi connectivity index (χ2n) is 3.93. The number of hydrogen-bond acceptors (Lipinski definition) is 6. The van der Waals surface area contributed by atoms with E-state index in [2.05, 4.69) is 0 Å². The van der Waals surface area contributed by atoms with E-state index in [1.54, 1.807) is 0 Å². The van der Waals surface area contributed by atoms with Crippen molar-refractivity contribution in [2.45, 2.75) is 11.0 Å². The zero-order valence-corrected chi connectivity index (χ0v) is 10.1. The molecule has 7 nitrogen and oxygen atoms in total. The number of hydrogen-bond donors (Lipinski definition) is 3. The van der Waals surface area contributed by atoms with Crippen LogP contribution < -0.4 is 5.73 Å². The van der Waals surface area contributed by atoms with E-state index in [-0.39, 0.29) is 16.1 Å². The highest BCUT2D eigenvalue weighted by Gasteiger charge is 2.41. The number of carbonyl (C=O) groups excluding carboxylic acids is 1. The topological polar surface area (TPSA) is 121 Å². The quantitative estimate of drug-likeness (QED) is 0.592. The van der Waals surface area contributed by atoms with Gasteiger partial charge in [-0.2, -0.15) is 0 Å². The molecule has 0 bridgehead atoms. The number of aliphatic hydroxyl groups excluding tert-OH is 2. The maximum atomic E-state index is 12.0. The Kier molecular flexibility index (Phi) is 3.01. The lowest BCUT2D eigenvalue weighted by molar-refractivity contribution is 0.0642. The monoisotopic (exact) mass is 272 g/mol. The average Bonchev–Trinajstić information content (AvgIpc) is 2.50. The summed E-state index contributed by atoms with van der Waals surface area (Å²) in [5.74, 6) is -0.746. The first-order valence-corrected chi connectivity index (χ1v) is 6.57. The number of carbonyl (C=O) groups is 1. The Bertz CT molecular complexity index is 598. The van der Waals surface area contributed by atoms with Gasteiger partial charge in [0.2, 0.25) is 0 Å². The first-order valence-electron chi connectivity index (χ1n) is 5.13. The number of sulfonamides is 1. The molecule has 0 fully saturated rings. The minimum atomic E-state index is -3.96. The van der Waals surface area contributed by atoms with Gasteiger partial charge in [0.15, 0.2) is 0 Å². The number of nitrogen functional groups attached to an aromatic ring is 1. The highest BCUT2D eigenvalue weighted by molar-refractivity contribution is 7.90. The Labute approximate surface area is 103 Å². The van der Waals surface area contributed by atoms with Gasteiger partial charge in [-0.15, -0.1) is 0 Å². The summed E-state index contributed by atoms with van der Waals surface area (Å²) in [5.41, 5.74) is 5.77. The van der Waals surface area contributed by atoms with Crippen molar-refractivity contribution in [3.8, 4) is 0 Å². The molecule has 98 valence electrons. The molecule has 8 heteroatoms. The Morgan fingerprint density at radius 1 is 1.39 bits per heavy atom. The first kappa shape index (κ1) is 12.8. The van der Waals surface area contributed by atoms with Crippen LogP contribution in [0.5, 0.6) is 0 Å². The predicted octanol–water partition coefficient (Wildman–Crippen LogP) is -1.23. The maximum Gasteiger partial charge on any atom is 0.269 e. The molecule has 1 aromatic carbocycles. The molecule has 0 aliphatic carbocycles. The molecule has 0 aromatic heterocycles. The van der Waals surface area contributed by atoms with Crippen molar-refractivity contribution in [2.75, 3.05) is 18.9 Å². The molecular weight excluding hydrogens is 260 g/mol. The maximum absolute atomic E-state index is 12.0. The van der Waals surface area contributed by atoms with Crippen LogP contribution in [0.1, 0.15) is 10.4 Å². The van der Waals surface area contributed by atoms with Crippen molar-refractivity contribution >= 4 is 21.6 Å². The van der Waals surface area contributed by atoms with E-state index in [0.717, 1.165) is 0 Å². The molecule has 1 aliphatic rings. The summed E-state index contributed by atoms with van der Waals surface area (Å²) in [6.45, 7) is -1.11. The average molecular weight is 272 g/mol. The number of benzene rings is 1. The van der Waals surface area contributed by atoms with Gasteiger partial charge in [0.05, 0.1) is 24.8 Å². The molecule has 18 heavy (non-hydrogen) atoms. The van der Waals surface area contributed by atoms with Gasteiger partial charge in [0.1, 0.15) is 4.90 Å². The van der Waals surface area contributed by atoms with E-state index in [4.69, 9.17) is 10.8 Å². The molecule has 1 amide bonds. The van der Waals surface area contributed by atoms with Crippen LogP contribution in [0.15, 0.2) is 23.1 Å². The van der Waals surface area contributed by atoms with Crippen LogP contribution in [-0.2, 0) is 10.0 Å². The molecule has 1 atom stereocenters. The third-order valence-corrected chi connectivity index (χ3v) is 4.42. The molecule has 4 N–H and O–H groups in total. The number of amides is 1. The van der Waals surface area contributed by atoms with Gasteiger partial charge in [0, 0.05) is 5.69 Å². The zero-order chi connectivity index (χ0) is 13.5. The second kappa shape index (κ2) is 4.23. The van der Waals surface area contributed by atoms with Crippen LogP contribution in [0, 0.1) is 0 Å².